The number of ether oxygens (including phenoxy) is 1. The van der Waals surface area contributed by atoms with Gasteiger partial charge in [-0.15, -0.1) is 11.3 Å². The van der Waals surface area contributed by atoms with Crippen molar-refractivity contribution in [2.45, 2.75) is 6.54 Å². The summed E-state index contributed by atoms with van der Waals surface area (Å²) >= 11 is 1.44. The molecule has 7 nitrogen and oxygen atoms in total. The molecule has 0 unspecified atom stereocenters. The predicted molar refractivity (Wildman–Crippen MR) is 68.2 cm³/mol. The second kappa shape index (κ2) is 4.56. The number of morpholine rings is 1. The van der Waals surface area contributed by atoms with Crippen molar-refractivity contribution in [1.29, 1.82) is 0 Å². The van der Waals surface area contributed by atoms with Crippen LogP contribution in [0.15, 0.2) is 11.4 Å². The fourth-order valence-electron chi connectivity index (χ4n) is 1.83. The van der Waals surface area contributed by atoms with Crippen LogP contribution in [0.4, 0.5) is 5.82 Å². The molecule has 0 aromatic carbocycles. The molecule has 0 radical (unpaired) electrons. The average molecular weight is 278 g/mol. The molecule has 0 aliphatic carbocycles. The zero-order chi connectivity index (χ0) is 13.4. The van der Waals surface area contributed by atoms with Gasteiger partial charge in [-0.1, -0.05) is 0 Å². The minimum Gasteiger partial charge on any atom is -0.383 e. The standard InChI is InChI=1S/C11H10N4O3S/c12-10-6-1-2-19-11(6)14-7(13-10)3-15-8(16)4-18-5-9(15)17/h1-2H,3-5H2,(H2,12,13,14). The number of fused-ring (bicyclic) bond motifs is 1. The zero-order valence-electron chi connectivity index (χ0n) is 9.83. The Morgan fingerprint density at radius 3 is 2.79 bits per heavy atom. The Balaban J connectivity index is 1.92. The lowest BCUT2D eigenvalue weighted by molar-refractivity contribution is -0.159. The van der Waals surface area contributed by atoms with Gasteiger partial charge in [-0.05, 0) is 11.4 Å². The zero-order valence-corrected chi connectivity index (χ0v) is 10.6. The minimum absolute atomic E-state index is 0.0269. The quantitative estimate of drug-likeness (QED) is 0.786. The number of imide groups is 1. The van der Waals surface area contributed by atoms with E-state index in [0.29, 0.717) is 11.6 Å². The van der Waals surface area contributed by atoms with Crippen molar-refractivity contribution < 1.29 is 14.3 Å². The summed E-state index contributed by atoms with van der Waals surface area (Å²) in [5, 5.41) is 2.65. The van der Waals surface area contributed by atoms with Crippen molar-refractivity contribution >= 4 is 39.2 Å². The molecule has 0 saturated carbocycles. The van der Waals surface area contributed by atoms with Crippen molar-refractivity contribution in [3.63, 3.8) is 0 Å². The van der Waals surface area contributed by atoms with E-state index in [1.807, 2.05) is 11.4 Å². The Morgan fingerprint density at radius 1 is 1.32 bits per heavy atom. The number of nitrogens with zero attached hydrogens (tertiary/aromatic N) is 3. The summed E-state index contributed by atoms with van der Waals surface area (Å²) in [6.07, 6.45) is 0. The Bertz CT molecular complexity index is 653. The first-order valence-corrected chi connectivity index (χ1v) is 6.43. The third-order valence-corrected chi connectivity index (χ3v) is 3.56. The number of carbonyl (C=O) groups is 2. The van der Waals surface area contributed by atoms with E-state index < -0.39 is 0 Å². The lowest BCUT2D eigenvalue weighted by Gasteiger charge is -2.24. The highest BCUT2D eigenvalue weighted by atomic mass is 32.1. The second-order valence-corrected chi connectivity index (χ2v) is 4.93. The molecule has 0 bridgehead atoms. The summed E-state index contributed by atoms with van der Waals surface area (Å²) in [7, 11) is 0. The highest BCUT2D eigenvalue weighted by Gasteiger charge is 2.27. The normalized spacial score (nSPS) is 16.3. The lowest BCUT2D eigenvalue weighted by atomic mass is 10.3. The molecule has 0 atom stereocenters. The molecule has 3 rings (SSSR count). The molecule has 19 heavy (non-hydrogen) atoms. The molecule has 1 saturated heterocycles. The molecule has 1 fully saturated rings. The fourth-order valence-corrected chi connectivity index (χ4v) is 2.62. The number of nitrogens with two attached hydrogens (primary N) is 1. The number of hydrogen-bond donors (Lipinski definition) is 1. The molecule has 2 N–H and O–H groups in total. The van der Waals surface area contributed by atoms with E-state index >= 15 is 0 Å². The van der Waals surface area contributed by atoms with Gasteiger partial charge in [0.25, 0.3) is 11.8 Å². The van der Waals surface area contributed by atoms with Gasteiger partial charge < -0.3 is 10.5 Å². The maximum atomic E-state index is 11.6. The molecule has 98 valence electrons. The number of carbonyl (C=O) groups excluding carboxylic acids is 2. The highest BCUT2D eigenvalue weighted by molar-refractivity contribution is 7.16. The third kappa shape index (κ3) is 2.15. The summed E-state index contributed by atoms with van der Waals surface area (Å²) in [5.74, 6) is -0.0557. The van der Waals surface area contributed by atoms with Gasteiger partial charge in [-0.2, -0.15) is 0 Å². The SMILES string of the molecule is Nc1nc(CN2C(=O)COCC2=O)nc2sccc12. The van der Waals surface area contributed by atoms with Crippen molar-refractivity contribution in [1.82, 2.24) is 14.9 Å². The molecule has 2 aromatic rings. The number of nitrogen functional groups attached to an aromatic ring is 1. The fraction of sp³-hybridized carbons (Fsp3) is 0.273. The van der Waals surface area contributed by atoms with Crippen LogP contribution in [0.5, 0.6) is 0 Å². The average Bonchev–Trinajstić information content (AvgIpc) is 2.83. The Hall–Kier alpha value is -2.06. The van der Waals surface area contributed by atoms with E-state index in [1.54, 1.807) is 0 Å². The number of anilines is 1. The monoisotopic (exact) mass is 278 g/mol. The van der Waals surface area contributed by atoms with E-state index in [2.05, 4.69) is 9.97 Å². The predicted octanol–water partition coefficient (Wildman–Crippen LogP) is 0.159. The first-order valence-electron chi connectivity index (χ1n) is 5.55. The maximum absolute atomic E-state index is 11.6. The number of rotatable bonds is 2. The van der Waals surface area contributed by atoms with Crippen molar-refractivity contribution in [2.75, 3.05) is 18.9 Å². The molecule has 0 spiro atoms. The smallest absolute Gasteiger partial charge is 0.255 e. The van der Waals surface area contributed by atoms with Gasteiger partial charge in [0.05, 0.1) is 11.9 Å². The summed E-state index contributed by atoms with van der Waals surface area (Å²) in [4.78, 5) is 33.5. The van der Waals surface area contributed by atoms with Crippen LogP contribution in [0.2, 0.25) is 0 Å². The minimum atomic E-state index is -0.385. The van der Waals surface area contributed by atoms with Gasteiger partial charge >= 0.3 is 0 Å². The van der Waals surface area contributed by atoms with Crippen LogP contribution in [0, 0.1) is 0 Å². The van der Waals surface area contributed by atoms with Crippen molar-refractivity contribution in [3.8, 4) is 0 Å². The summed E-state index contributed by atoms with van der Waals surface area (Å²) in [6.45, 7) is -0.163. The van der Waals surface area contributed by atoms with Crippen LogP contribution in [-0.4, -0.2) is 39.9 Å². The van der Waals surface area contributed by atoms with Crippen LogP contribution in [0.25, 0.3) is 10.2 Å². The molecule has 1 aliphatic heterocycles. The van der Waals surface area contributed by atoms with Crippen LogP contribution >= 0.6 is 11.3 Å². The Kier molecular flexibility index (Phi) is 2.88. The van der Waals surface area contributed by atoms with E-state index in [9.17, 15) is 9.59 Å². The van der Waals surface area contributed by atoms with Crippen LogP contribution < -0.4 is 5.73 Å². The largest absolute Gasteiger partial charge is 0.383 e. The highest BCUT2D eigenvalue weighted by Crippen LogP contribution is 2.23. The van der Waals surface area contributed by atoms with E-state index in [0.717, 1.165) is 15.1 Å². The van der Waals surface area contributed by atoms with Crippen LogP contribution in [-0.2, 0) is 20.9 Å². The van der Waals surface area contributed by atoms with Crippen molar-refractivity contribution in [3.05, 3.63) is 17.3 Å². The van der Waals surface area contributed by atoms with Gasteiger partial charge in [0.1, 0.15) is 23.9 Å². The lowest BCUT2D eigenvalue weighted by Crippen LogP contribution is -2.45. The number of thiophene rings is 1. The van der Waals surface area contributed by atoms with Gasteiger partial charge in [-0.25, -0.2) is 9.97 Å². The third-order valence-electron chi connectivity index (χ3n) is 2.75. The molecule has 2 amide bonds. The molecule has 3 heterocycles. The topological polar surface area (TPSA) is 98.4 Å². The summed E-state index contributed by atoms with van der Waals surface area (Å²) in [5.41, 5.74) is 5.82. The van der Waals surface area contributed by atoms with E-state index in [1.165, 1.54) is 11.3 Å². The van der Waals surface area contributed by atoms with Gasteiger partial charge in [0.2, 0.25) is 0 Å². The number of aromatic nitrogens is 2. The number of hydrogen-bond acceptors (Lipinski definition) is 7. The van der Waals surface area contributed by atoms with E-state index in [-0.39, 0.29) is 31.6 Å². The van der Waals surface area contributed by atoms with Crippen LogP contribution in [0.1, 0.15) is 5.82 Å². The summed E-state index contributed by atoms with van der Waals surface area (Å²) < 4.78 is 4.84. The first kappa shape index (κ1) is 12.0. The Morgan fingerprint density at radius 2 is 2.05 bits per heavy atom. The maximum Gasteiger partial charge on any atom is 0.255 e. The van der Waals surface area contributed by atoms with Crippen LogP contribution in [0.3, 0.4) is 0 Å². The molecule has 1 aliphatic rings. The molecular weight excluding hydrogens is 268 g/mol. The van der Waals surface area contributed by atoms with Crippen molar-refractivity contribution in [2.24, 2.45) is 0 Å². The number of amides is 2. The molecule has 2 aromatic heterocycles. The van der Waals surface area contributed by atoms with Gasteiger partial charge in [0.15, 0.2) is 5.82 Å². The molecular formula is C11H10N4O3S. The van der Waals surface area contributed by atoms with Gasteiger partial charge in [-0.3, -0.25) is 14.5 Å². The Labute approximate surface area is 112 Å². The first-order chi connectivity index (χ1) is 9.15. The second-order valence-electron chi connectivity index (χ2n) is 4.03. The molecule has 8 heteroatoms. The van der Waals surface area contributed by atoms with E-state index in [4.69, 9.17) is 10.5 Å². The summed E-state index contributed by atoms with van der Waals surface area (Å²) in [6, 6.07) is 1.84. The van der Waals surface area contributed by atoms with Gasteiger partial charge in [0, 0.05) is 0 Å².